The van der Waals surface area contributed by atoms with E-state index < -0.39 is 0 Å². The number of hydrogen-bond donors (Lipinski definition) is 1. The van der Waals surface area contributed by atoms with Crippen molar-refractivity contribution in [1.82, 2.24) is 0 Å². The number of ether oxygens (including phenoxy) is 5. The number of phenolic OH excluding ortho intramolecular Hbond substituents is 1. The molecule has 0 bridgehead atoms. The zero-order valence-corrected chi connectivity index (χ0v) is 15.9. The first kappa shape index (κ1) is 17.8. The Balaban J connectivity index is 1.65. The number of hydrogen-bond acceptors (Lipinski definition) is 6. The maximum atomic E-state index is 10.3. The van der Waals surface area contributed by atoms with Crippen molar-refractivity contribution in [2.24, 2.45) is 11.8 Å². The molecule has 6 nitrogen and oxygen atoms in total. The molecule has 2 aliphatic rings. The second-order valence-electron chi connectivity index (χ2n) is 7.08. The lowest BCUT2D eigenvalue weighted by molar-refractivity contribution is 0.0287. The highest BCUT2D eigenvalue weighted by molar-refractivity contribution is 5.53. The van der Waals surface area contributed by atoms with Crippen LogP contribution in [-0.4, -0.2) is 26.1 Å². The van der Waals surface area contributed by atoms with E-state index in [0.717, 1.165) is 22.6 Å². The smallest absolute Gasteiger partial charge is 0.231 e. The topological polar surface area (TPSA) is 66.4 Å². The van der Waals surface area contributed by atoms with E-state index in [1.165, 1.54) is 7.11 Å². The van der Waals surface area contributed by atoms with Crippen LogP contribution in [0.25, 0.3) is 0 Å². The molecule has 0 amide bonds. The highest BCUT2D eigenvalue weighted by atomic mass is 16.7. The van der Waals surface area contributed by atoms with Gasteiger partial charge in [0.25, 0.3) is 0 Å². The Bertz CT molecular complexity index is 849. The molecule has 4 rings (SSSR count). The van der Waals surface area contributed by atoms with Gasteiger partial charge in [-0.15, -0.1) is 0 Å². The summed E-state index contributed by atoms with van der Waals surface area (Å²) in [5.74, 6) is 2.90. The minimum absolute atomic E-state index is 0.0434. The standard InChI is InChI=1S/C21H24O6/c1-11-12(2)20(14-7-15(22)21(24-4)18(9-14)23-3)27-19(11)13-5-6-16-17(8-13)26-10-25-16/h5-9,11-12,19-20,22H,10H2,1-4H3/t11-,12+,19-,20+/m1/s1. The van der Waals surface area contributed by atoms with Crippen molar-refractivity contribution in [2.75, 3.05) is 21.0 Å². The fourth-order valence-corrected chi connectivity index (χ4v) is 3.94. The molecule has 0 radical (unpaired) electrons. The summed E-state index contributed by atoms with van der Waals surface area (Å²) in [5.41, 5.74) is 1.93. The van der Waals surface area contributed by atoms with Gasteiger partial charge in [0.2, 0.25) is 12.5 Å². The van der Waals surface area contributed by atoms with E-state index >= 15 is 0 Å². The number of fused-ring (bicyclic) bond motifs is 1. The predicted octanol–water partition coefficient (Wildman–Crippen LogP) is 4.22. The predicted molar refractivity (Wildman–Crippen MR) is 98.7 cm³/mol. The largest absolute Gasteiger partial charge is 0.504 e. The Labute approximate surface area is 158 Å². The van der Waals surface area contributed by atoms with Crippen molar-refractivity contribution in [3.63, 3.8) is 0 Å². The molecule has 2 aromatic carbocycles. The van der Waals surface area contributed by atoms with Crippen molar-refractivity contribution >= 4 is 0 Å². The van der Waals surface area contributed by atoms with Crippen LogP contribution in [0.3, 0.4) is 0 Å². The van der Waals surface area contributed by atoms with Crippen molar-refractivity contribution in [3.05, 3.63) is 41.5 Å². The lowest BCUT2D eigenvalue weighted by Crippen LogP contribution is -2.10. The Morgan fingerprint density at radius 1 is 0.889 bits per heavy atom. The second-order valence-corrected chi connectivity index (χ2v) is 7.08. The van der Waals surface area contributed by atoms with E-state index in [0.29, 0.717) is 11.5 Å². The zero-order valence-electron chi connectivity index (χ0n) is 15.9. The summed E-state index contributed by atoms with van der Waals surface area (Å²) >= 11 is 0. The van der Waals surface area contributed by atoms with Gasteiger partial charge in [-0.3, -0.25) is 0 Å². The molecule has 0 aliphatic carbocycles. The second kappa shape index (κ2) is 6.85. The van der Waals surface area contributed by atoms with Gasteiger partial charge in [0.15, 0.2) is 23.0 Å². The molecule has 1 saturated heterocycles. The van der Waals surface area contributed by atoms with Crippen LogP contribution in [0.1, 0.15) is 37.2 Å². The molecule has 2 heterocycles. The van der Waals surface area contributed by atoms with Crippen LogP contribution >= 0.6 is 0 Å². The van der Waals surface area contributed by atoms with Crippen molar-refractivity contribution in [3.8, 4) is 28.7 Å². The number of phenols is 1. The number of benzene rings is 2. The van der Waals surface area contributed by atoms with E-state index in [-0.39, 0.29) is 36.6 Å². The van der Waals surface area contributed by atoms with Gasteiger partial charge in [-0.05, 0) is 47.2 Å². The van der Waals surface area contributed by atoms with E-state index in [2.05, 4.69) is 13.8 Å². The first-order valence-corrected chi connectivity index (χ1v) is 9.03. The van der Waals surface area contributed by atoms with Crippen LogP contribution < -0.4 is 18.9 Å². The molecule has 2 aliphatic heterocycles. The molecule has 0 saturated carbocycles. The first-order chi connectivity index (χ1) is 13.0. The highest BCUT2D eigenvalue weighted by Crippen LogP contribution is 2.52. The van der Waals surface area contributed by atoms with Crippen LogP contribution in [0.15, 0.2) is 30.3 Å². The highest BCUT2D eigenvalue weighted by Gasteiger charge is 2.41. The fourth-order valence-electron chi connectivity index (χ4n) is 3.94. The minimum atomic E-state index is -0.166. The van der Waals surface area contributed by atoms with Gasteiger partial charge < -0.3 is 28.8 Å². The number of aromatic hydroxyl groups is 1. The van der Waals surface area contributed by atoms with E-state index in [9.17, 15) is 5.11 Å². The maximum absolute atomic E-state index is 10.3. The van der Waals surface area contributed by atoms with Gasteiger partial charge in [-0.25, -0.2) is 0 Å². The Hall–Kier alpha value is -2.60. The lowest BCUT2D eigenvalue weighted by Gasteiger charge is -2.19. The maximum Gasteiger partial charge on any atom is 0.231 e. The summed E-state index contributed by atoms with van der Waals surface area (Å²) in [4.78, 5) is 0. The Morgan fingerprint density at radius 2 is 1.59 bits per heavy atom. The van der Waals surface area contributed by atoms with E-state index in [1.54, 1.807) is 13.2 Å². The molecular formula is C21H24O6. The third-order valence-electron chi connectivity index (χ3n) is 5.61. The Kier molecular flexibility index (Phi) is 4.52. The molecule has 144 valence electrons. The SMILES string of the molecule is COc1cc([C@H]2O[C@@H](c3ccc4c(c3)OCO4)[C@H](C)[C@@H]2C)cc(O)c1OC. The van der Waals surface area contributed by atoms with Crippen LogP contribution in [0.2, 0.25) is 0 Å². The summed E-state index contributed by atoms with van der Waals surface area (Å²) in [6, 6.07) is 9.50. The van der Waals surface area contributed by atoms with Crippen molar-refractivity contribution < 1.29 is 28.8 Å². The van der Waals surface area contributed by atoms with Gasteiger partial charge >= 0.3 is 0 Å². The molecule has 0 spiro atoms. The zero-order chi connectivity index (χ0) is 19.1. The van der Waals surface area contributed by atoms with E-state index in [4.69, 9.17) is 23.7 Å². The molecule has 1 N–H and O–H groups in total. The minimum Gasteiger partial charge on any atom is -0.504 e. The fraction of sp³-hybridized carbons (Fsp3) is 0.429. The third-order valence-corrected chi connectivity index (χ3v) is 5.61. The average molecular weight is 372 g/mol. The monoisotopic (exact) mass is 372 g/mol. The van der Waals surface area contributed by atoms with Gasteiger partial charge in [-0.1, -0.05) is 19.9 Å². The van der Waals surface area contributed by atoms with Crippen LogP contribution in [0.5, 0.6) is 28.7 Å². The molecule has 27 heavy (non-hydrogen) atoms. The van der Waals surface area contributed by atoms with Crippen LogP contribution in [0, 0.1) is 11.8 Å². The molecule has 0 aromatic heterocycles. The Morgan fingerprint density at radius 3 is 2.30 bits per heavy atom. The quantitative estimate of drug-likeness (QED) is 0.867. The van der Waals surface area contributed by atoms with Gasteiger partial charge in [-0.2, -0.15) is 0 Å². The van der Waals surface area contributed by atoms with Crippen molar-refractivity contribution in [1.29, 1.82) is 0 Å². The van der Waals surface area contributed by atoms with Gasteiger partial charge in [0, 0.05) is 0 Å². The number of rotatable bonds is 4. The van der Waals surface area contributed by atoms with Crippen molar-refractivity contribution in [2.45, 2.75) is 26.1 Å². The first-order valence-electron chi connectivity index (χ1n) is 9.03. The molecule has 2 aromatic rings. The lowest BCUT2D eigenvalue weighted by atomic mass is 9.85. The normalized spacial score (nSPS) is 26.2. The summed E-state index contributed by atoms with van der Waals surface area (Å²) < 4.78 is 27.9. The van der Waals surface area contributed by atoms with E-state index in [1.807, 2.05) is 24.3 Å². The van der Waals surface area contributed by atoms with Crippen LogP contribution in [-0.2, 0) is 4.74 Å². The molecule has 6 heteroatoms. The van der Waals surface area contributed by atoms with Crippen LogP contribution in [0.4, 0.5) is 0 Å². The average Bonchev–Trinajstić information content (AvgIpc) is 3.25. The number of methoxy groups -OCH3 is 2. The molecule has 0 unspecified atom stereocenters. The molecule has 1 fully saturated rings. The van der Waals surface area contributed by atoms with Gasteiger partial charge in [0.1, 0.15) is 0 Å². The molecular weight excluding hydrogens is 348 g/mol. The third kappa shape index (κ3) is 2.94. The molecule has 4 atom stereocenters. The summed E-state index contributed by atoms with van der Waals surface area (Å²) in [5, 5.41) is 10.3. The van der Waals surface area contributed by atoms with Gasteiger partial charge in [0.05, 0.1) is 26.4 Å². The summed E-state index contributed by atoms with van der Waals surface area (Å²) in [7, 11) is 3.06. The summed E-state index contributed by atoms with van der Waals surface area (Å²) in [6.07, 6.45) is -0.240. The summed E-state index contributed by atoms with van der Waals surface area (Å²) in [6.45, 7) is 4.60.